The summed E-state index contributed by atoms with van der Waals surface area (Å²) in [6.07, 6.45) is -4.34. The summed E-state index contributed by atoms with van der Waals surface area (Å²) in [5.41, 5.74) is 5.91. The molecule has 21 nitrogen and oxygen atoms in total. The normalized spacial score (nSPS) is 25.7. The Morgan fingerprint density at radius 3 is 2.22 bits per heavy atom. The van der Waals surface area contributed by atoms with Gasteiger partial charge in [-0.15, -0.1) is 0 Å². The van der Waals surface area contributed by atoms with E-state index in [0.29, 0.717) is 5.39 Å². The lowest BCUT2D eigenvalue weighted by molar-refractivity contribution is -0.253. The Morgan fingerprint density at radius 2 is 1.49 bits per heavy atom. The standard InChI is InChI=1S/C20H23N5O16P4/c21-18-15-19(23-9-22-18)25(10-24-15)20-17(27)16(26)14(37-20)8-36-42(28,29)39-44(32,33)41-45(34,35)40-43(30,31)38-13-7-3-5-11-4-1-2-6-12(11)13/h1-7,9-10,14,16-17,20,26-27H,8H2,(H,28,29)(H,30,31)(H,32,33)(H,34,35)(H2,21,22,23)/p-4/t14-,16+,17?,20-/m1/s1. The molecule has 1 aliphatic heterocycles. The van der Waals surface area contributed by atoms with E-state index in [1.807, 2.05) is 0 Å². The molecule has 0 bridgehead atoms. The van der Waals surface area contributed by atoms with E-state index in [2.05, 4.69) is 36.9 Å². The van der Waals surface area contributed by atoms with Crippen LogP contribution in [0.2, 0.25) is 0 Å². The molecule has 244 valence electrons. The molecule has 0 saturated carbocycles. The third-order valence-electron chi connectivity index (χ3n) is 5.96. The maximum Gasteiger partial charge on any atom is 0.326 e. The Hall–Kier alpha value is -2.67. The van der Waals surface area contributed by atoms with Crippen molar-refractivity contribution in [2.75, 3.05) is 12.3 Å². The molecular formula is C20H19N5O16P4-4. The minimum Gasteiger partial charge on any atom is -0.756 e. The van der Waals surface area contributed by atoms with Crippen LogP contribution in [0.15, 0.2) is 55.1 Å². The van der Waals surface area contributed by atoms with Gasteiger partial charge >= 0.3 is 7.82 Å². The van der Waals surface area contributed by atoms with E-state index in [1.165, 1.54) is 18.2 Å². The minimum atomic E-state index is -6.47. The molecule has 1 aliphatic rings. The third kappa shape index (κ3) is 7.84. The molecule has 8 atom stereocenters. The van der Waals surface area contributed by atoms with Crippen LogP contribution in [-0.4, -0.2) is 54.7 Å². The zero-order chi connectivity index (χ0) is 32.8. The van der Waals surface area contributed by atoms with Gasteiger partial charge in [0.2, 0.25) is 0 Å². The Labute approximate surface area is 251 Å². The first-order chi connectivity index (χ1) is 21.0. The molecule has 4 N–H and O–H groups in total. The highest BCUT2D eigenvalue weighted by molar-refractivity contribution is 7.68. The monoisotopic (exact) mass is 709 g/mol. The number of aromatic nitrogens is 4. The quantitative estimate of drug-likeness (QED) is 0.152. The number of hydrogen-bond donors (Lipinski definition) is 3. The second kappa shape index (κ2) is 12.5. The molecule has 25 heteroatoms. The van der Waals surface area contributed by atoms with Crippen LogP contribution in [0.1, 0.15) is 6.23 Å². The van der Waals surface area contributed by atoms with E-state index in [9.17, 15) is 48.0 Å². The summed E-state index contributed by atoms with van der Waals surface area (Å²) in [5.74, 6) is -0.392. The molecule has 45 heavy (non-hydrogen) atoms. The lowest BCUT2D eigenvalue weighted by Crippen LogP contribution is -2.34. The summed E-state index contributed by atoms with van der Waals surface area (Å²) in [6, 6.07) is 10.3. The second-order valence-corrected chi connectivity index (χ2v) is 15.0. The Morgan fingerprint density at radius 1 is 0.844 bits per heavy atom. The number of benzene rings is 2. The van der Waals surface area contributed by atoms with Gasteiger partial charge < -0.3 is 49.3 Å². The van der Waals surface area contributed by atoms with E-state index in [0.717, 1.165) is 23.3 Å². The summed E-state index contributed by atoms with van der Waals surface area (Å²) >= 11 is 0. The molecular weight excluding hydrogens is 690 g/mol. The van der Waals surface area contributed by atoms with E-state index >= 15 is 0 Å². The molecule has 0 aliphatic carbocycles. The Kier molecular flexibility index (Phi) is 9.36. The van der Waals surface area contributed by atoms with Crippen molar-refractivity contribution < 1.29 is 74.8 Å². The number of hydrogen-bond acceptors (Lipinski definition) is 20. The minimum absolute atomic E-state index is 0.0104. The molecule has 3 heterocycles. The van der Waals surface area contributed by atoms with Gasteiger partial charge in [0, 0.05) is 5.39 Å². The van der Waals surface area contributed by atoms with Gasteiger partial charge in [0.05, 0.1) is 12.9 Å². The predicted molar refractivity (Wildman–Crippen MR) is 140 cm³/mol. The zero-order valence-electron chi connectivity index (χ0n) is 22.0. The molecule has 2 aromatic heterocycles. The molecule has 1 saturated heterocycles. The first kappa shape index (κ1) is 33.7. The molecule has 0 spiro atoms. The number of imidazole rings is 1. The van der Waals surface area contributed by atoms with Crippen LogP contribution in [0.3, 0.4) is 0 Å². The SMILES string of the molecule is Nc1ncnc2c1ncn2[C@@H]1O[C@H](COP(=O)([O-])OP(=O)([O-])OP(=O)([O-])OP(=O)([O-])Oc2cccc3ccccc23)[C@H](O)C1O. The van der Waals surface area contributed by atoms with Crippen molar-refractivity contribution in [1.82, 2.24) is 19.5 Å². The predicted octanol–water partition coefficient (Wildman–Crippen LogP) is -0.800. The van der Waals surface area contributed by atoms with Gasteiger partial charge in [-0.25, -0.2) is 27.9 Å². The molecule has 4 aromatic rings. The number of rotatable bonds is 12. The highest BCUT2D eigenvalue weighted by atomic mass is 31.3. The number of ether oxygens (including phenoxy) is 1. The number of anilines is 1. The summed E-state index contributed by atoms with van der Waals surface area (Å²) in [5, 5.41) is 21.5. The van der Waals surface area contributed by atoms with Gasteiger partial charge in [-0.3, -0.25) is 22.8 Å². The first-order valence-electron chi connectivity index (χ1n) is 12.1. The number of fused-ring (bicyclic) bond motifs is 2. The highest BCUT2D eigenvalue weighted by Crippen LogP contribution is 2.66. The Balaban J connectivity index is 1.19. The van der Waals surface area contributed by atoms with Crippen molar-refractivity contribution in [3.05, 3.63) is 55.1 Å². The number of nitrogen functional groups attached to an aromatic ring is 1. The molecule has 5 unspecified atom stereocenters. The van der Waals surface area contributed by atoms with E-state index in [-0.39, 0.29) is 28.1 Å². The van der Waals surface area contributed by atoms with Gasteiger partial charge in [-0.2, -0.15) is 0 Å². The van der Waals surface area contributed by atoms with Crippen molar-refractivity contribution >= 4 is 59.0 Å². The number of nitrogens with two attached hydrogens (primary N) is 1. The van der Waals surface area contributed by atoms with E-state index < -0.39 is 62.4 Å². The van der Waals surface area contributed by atoms with Crippen molar-refractivity contribution in [2.45, 2.75) is 24.5 Å². The molecule has 5 rings (SSSR count). The van der Waals surface area contributed by atoms with Crippen LogP contribution in [0.5, 0.6) is 5.75 Å². The molecule has 0 radical (unpaired) electrons. The molecule has 1 fully saturated rings. The summed E-state index contributed by atoms with van der Waals surface area (Å²) in [6.45, 7) is -1.17. The van der Waals surface area contributed by atoms with Crippen molar-refractivity contribution in [3.8, 4) is 5.75 Å². The van der Waals surface area contributed by atoms with Crippen LogP contribution in [0.4, 0.5) is 5.82 Å². The fraction of sp³-hybridized carbons (Fsp3) is 0.250. The van der Waals surface area contributed by atoms with Gasteiger partial charge in [0.25, 0.3) is 23.5 Å². The number of phosphoric ester groups is 2. The van der Waals surface area contributed by atoms with Gasteiger partial charge in [0.15, 0.2) is 17.7 Å². The fourth-order valence-electron chi connectivity index (χ4n) is 4.15. The summed E-state index contributed by atoms with van der Waals surface area (Å²) < 4.78 is 75.0. The summed E-state index contributed by atoms with van der Waals surface area (Å²) in [4.78, 5) is 60.1. The third-order valence-corrected chi connectivity index (χ3v) is 11.6. The van der Waals surface area contributed by atoms with Crippen LogP contribution in [-0.2, 0) is 40.5 Å². The second-order valence-electron chi connectivity index (χ2n) is 9.03. The topological polar surface area (TPSA) is 326 Å². The number of aliphatic hydroxyl groups excluding tert-OH is 2. The molecule has 2 aromatic carbocycles. The van der Waals surface area contributed by atoms with E-state index in [4.69, 9.17) is 10.5 Å². The average Bonchev–Trinajstić information content (AvgIpc) is 3.47. The first-order valence-corrected chi connectivity index (χ1v) is 17.9. The number of nitrogens with zero attached hydrogens (tertiary/aromatic N) is 4. The zero-order valence-corrected chi connectivity index (χ0v) is 25.6. The van der Waals surface area contributed by atoms with Gasteiger partial charge in [-0.1, -0.05) is 36.4 Å². The lowest BCUT2D eigenvalue weighted by atomic mass is 10.1. The van der Waals surface area contributed by atoms with Gasteiger partial charge in [0.1, 0.15) is 35.9 Å². The van der Waals surface area contributed by atoms with E-state index in [1.54, 1.807) is 18.2 Å². The smallest absolute Gasteiger partial charge is 0.326 e. The molecule has 0 amide bonds. The number of aliphatic hydroxyl groups is 2. The van der Waals surface area contributed by atoms with Crippen molar-refractivity contribution in [3.63, 3.8) is 0 Å². The lowest BCUT2D eigenvalue weighted by Gasteiger charge is -2.36. The van der Waals surface area contributed by atoms with Crippen molar-refractivity contribution in [1.29, 1.82) is 0 Å². The fourth-order valence-corrected chi connectivity index (χ4v) is 8.92. The maximum atomic E-state index is 12.2. The highest BCUT2D eigenvalue weighted by Gasteiger charge is 2.45. The maximum absolute atomic E-state index is 12.2. The largest absolute Gasteiger partial charge is 0.756 e. The van der Waals surface area contributed by atoms with Crippen molar-refractivity contribution in [2.24, 2.45) is 0 Å². The van der Waals surface area contributed by atoms with Crippen LogP contribution >= 0.6 is 31.3 Å². The van der Waals surface area contributed by atoms with Crippen LogP contribution in [0.25, 0.3) is 21.9 Å². The van der Waals surface area contributed by atoms with Crippen LogP contribution < -0.4 is 29.8 Å². The van der Waals surface area contributed by atoms with Gasteiger partial charge in [-0.05, 0) is 11.5 Å². The average molecular weight is 709 g/mol. The van der Waals surface area contributed by atoms with Crippen LogP contribution in [0, 0.1) is 0 Å². The summed E-state index contributed by atoms with van der Waals surface area (Å²) in [7, 11) is -24.8. The Bertz CT molecular complexity index is 1920. The number of phosphoric acid groups is 4.